The van der Waals surface area contributed by atoms with Crippen LogP contribution in [0.4, 0.5) is 0 Å². The first-order valence-corrected chi connectivity index (χ1v) is 14.2. The van der Waals surface area contributed by atoms with Crippen LogP contribution in [0.5, 0.6) is 0 Å². The van der Waals surface area contributed by atoms with E-state index in [-0.39, 0.29) is 0 Å². The lowest BCUT2D eigenvalue weighted by atomic mass is 9.93. The van der Waals surface area contributed by atoms with Crippen molar-refractivity contribution in [1.29, 1.82) is 0 Å². The first-order chi connectivity index (χ1) is 19.8. The number of rotatable bonds is 4. The fraction of sp³-hybridized carbons (Fsp3) is 0.105. The topological polar surface area (TPSA) is 9.86 Å². The first-order valence-electron chi connectivity index (χ1n) is 14.2. The highest BCUT2D eigenvalue weighted by Crippen LogP contribution is 2.39. The number of hydrogen-bond acceptors (Lipinski definition) is 0. The number of hydrogen-bond donors (Lipinski definition) is 0. The Bertz CT molecular complexity index is 2000. The van der Waals surface area contributed by atoms with Gasteiger partial charge in [0.05, 0.1) is 16.6 Å². The van der Waals surface area contributed by atoms with E-state index in [4.69, 9.17) is 0 Å². The van der Waals surface area contributed by atoms with Crippen molar-refractivity contribution in [1.82, 2.24) is 9.13 Å². The maximum Gasteiger partial charge on any atom is 0.0541 e. The van der Waals surface area contributed by atoms with Gasteiger partial charge in [0.25, 0.3) is 0 Å². The van der Waals surface area contributed by atoms with Crippen molar-refractivity contribution in [3.05, 3.63) is 150 Å². The number of allylic oxidation sites excluding steroid dienone is 1. The molecule has 0 saturated carbocycles. The molecule has 192 valence electrons. The maximum absolute atomic E-state index is 2.48. The Morgan fingerprint density at radius 3 is 1.60 bits per heavy atom. The second-order valence-electron chi connectivity index (χ2n) is 11.1. The highest BCUT2D eigenvalue weighted by atomic mass is 15.0. The van der Waals surface area contributed by atoms with Gasteiger partial charge in [0.15, 0.2) is 0 Å². The van der Waals surface area contributed by atoms with Crippen molar-refractivity contribution >= 4 is 38.8 Å². The summed E-state index contributed by atoms with van der Waals surface area (Å²) >= 11 is 0. The average molecular weight is 515 g/mol. The second-order valence-corrected chi connectivity index (χ2v) is 11.1. The molecule has 7 aromatic rings. The molecule has 0 aliphatic heterocycles. The molecule has 0 radical (unpaired) electrons. The van der Waals surface area contributed by atoms with Crippen LogP contribution in [0.25, 0.3) is 50.2 Å². The third-order valence-electron chi connectivity index (χ3n) is 8.57. The molecule has 2 heterocycles. The molecular weight excluding hydrogens is 484 g/mol. The molecule has 0 amide bonds. The van der Waals surface area contributed by atoms with Gasteiger partial charge in [0.1, 0.15) is 0 Å². The van der Waals surface area contributed by atoms with Gasteiger partial charge in [-0.2, -0.15) is 0 Å². The lowest BCUT2D eigenvalue weighted by Gasteiger charge is -2.19. The summed E-state index contributed by atoms with van der Waals surface area (Å²) in [5.74, 6) is 0.500. The third-order valence-corrected chi connectivity index (χ3v) is 8.57. The number of fused-ring (bicyclic) bond motifs is 6. The molecular formula is C38H30N2. The summed E-state index contributed by atoms with van der Waals surface area (Å²) < 4.78 is 4.85. The van der Waals surface area contributed by atoms with Crippen LogP contribution in [-0.2, 0) is 6.42 Å². The zero-order chi connectivity index (χ0) is 26.6. The molecule has 2 aromatic heterocycles. The summed E-state index contributed by atoms with van der Waals surface area (Å²) in [6.45, 7) is 2.34. The summed E-state index contributed by atoms with van der Waals surface area (Å²) in [4.78, 5) is 0. The van der Waals surface area contributed by atoms with Gasteiger partial charge in [-0.25, -0.2) is 0 Å². The van der Waals surface area contributed by atoms with Crippen molar-refractivity contribution in [2.75, 3.05) is 0 Å². The second kappa shape index (κ2) is 9.14. The molecule has 0 N–H and O–H groups in total. The van der Waals surface area contributed by atoms with Gasteiger partial charge in [0.2, 0.25) is 0 Å². The first kappa shape index (κ1) is 23.1. The Hall–Kier alpha value is -4.82. The molecule has 1 aliphatic rings. The molecule has 8 rings (SSSR count). The fourth-order valence-corrected chi connectivity index (χ4v) is 6.69. The van der Waals surface area contributed by atoms with Crippen LogP contribution in [0, 0.1) is 0 Å². The lowest BCUT2D eigenvalue weighted by Crippen LogP contribution is -2.07. The minimum Gasteiger partial charge on any atom is -0.313 e. The average Bonchev–Trinajstić information content (AvgIpc) is 3.52. The van der Waals surface area contributed by atoms with E-state index in [0.717, 1.165) is 12.8 Å². The smallest absolute Gasteiger partial charge is 0.0541 e. The van der Waals surface area contributed by atoms with Gasteiger partial charge in [-0.15, -0.1) is 0 Å². The SMILES string of the molecule is CC1CC=Cc2c1n(-c1ccc(Cc3ccc(-n4c5ccccc5c5ccccc54)cc3)cc1)c1ccccc21. The van der Waals surface area contributed by atoms with Crippen molar-refractivity contribution < 1.29 is 0 Å². The molecule has 0 bridgehead atoms. The molecule has 5 aromatic carbocycles. The van der Waals surface area contributed by atoms with Crippen LogP contribution in [0.1, 0.15) is 41.6 Å². The molecule has 40 heavy (non-hydrogen) atoms. The largest absolute Gasteiger partial charge is 0.313 e. The summed E-state index contributed by atoms with van der Waals surface area (Å²) in [7, 11) is 0. The molecule has 0 saturated heterocycles. The standard InChI is InChI=1S/C38H30N2/c1-26-9-8-13-34-33-12-4-7-16-37(33)40(38(26)34)30-23-19-28(20-24-30)25-27-17-21-29(22-18-27)39-35-14-5-2-10-31(35)32-11-3-6-15-36(32)39/h2-8,10-24,26H,9,25H2,1H3. The predicted molar refractivity (Wildman–Crippen MR) is 169 cm³/mol. The fourth-order valence-electron chi connectivity index (χ4n) is 6.69. The van der Waals surface area contributed by atoms with Crippen molar-refractivity contribution in [3.8, 4) is 11.4 Å². The van der Waals surface area contributed by atoms with Gasteiger partial charge in [-0.05, 0) is 66.4 Å². The van der Waals surface area contributed by atoms with Crippen molar-refractivity contribution in [2.24, 2.45) is 0 Å². The van der Waals surface area contributed by atoms with E-state index in [1.165, 1.54) is 66.5 Å². The molecule has 0 fully saturated rings. The Labute approximate surface area is 234 Å². The number of benzene rings is 5. The highest BCUT2D eigenvalue weighted by molar-refractivity contribution is 6.09. The van der Waals surface area contributed by atoms with E-state index >= 15 is 0 Å². The third kappa shape index (κ3) is 3.56. The molecule has 0 spiro atoms. The minimum atomic E-state index is 0.500. The molecule has 1 aliphatic carbocycles. The Balaban J connectivity index is 1.11. The Morgan fingerprint density at radius 1 is 0.550 bits per heavy atom. The van der Waals surface area contributed by atoms with E-state index in [1.54, 1.807) is 0 Å². The van der Waals surface area contributed by atoms with Gasteiger partial charge >= 0.3 is 0 Å². The molecule has 2 heteroatoms. The molecule has 2 nitrogen and oxygen atoms in total. The van der Waals surface area contributed by atoms with Crippen LogP contribution in [0.2, 0.25) is 0 Å². The minimum absolute atomic E-state index is 0.500. The molecule has 1 atom stereocenters. The van der Waals surface area contributed by atoms with E-state index in [2.05, 4.69) is 150 Å². The van der Waals surface area contributed by atoms with E-state index < -0.39 is 0 Å². The monoisotopic (exact) mass is 514 g/mol. The summed E-state index contributed by atoms with van der Waals surface area (Å²) in [6, 6.07) is 44.4. The zero-order valence-electron chi connectivity index (χ0n) is 22.6. The zero-order valence-corrected chi connectivity index (χ0v) is 22.6. The lowest BCUT2D eigenvalue weighted by molar-refractivity contribution is 0.723. The molecule has 1 unspecified atom stereocenters. The van der Waals surface area contributed by atoms with Crippen LogP contribution in [0.15, 0.2) is 127 Å². The maximum atomic E-state index is 2.48. The summed E-state index contributed by atoms with van der Waals surface area (Å²) in [5.41, 5.74) is 11.7. The van der Waals surface area contributed by atoms with Crippen LogP contribution < -0.4 is 0 Å². The normalized spacial score (nSPS) is 14.8. The van der Waals surface area contributed by atoms with E-state index in [0.29, 0.717) is 5.92 Å². The quantitative estimate of drug-likeness (QED) is 0.221. The summed E-state index contributed by atoms with van der Waals surface area (Å²) in [5, 5.41) is 3.93. The summed E-state index contributed by atoms with van der Waals surface area (Å²) in [6.07, 6.45) is 6.63. The van der Waals surface area contributed by atoms with Crippen LogP contribution in [0.3, 0.4) is 0 Å². The van der Waals surface area contributed by atoms with Gasteiger partial charge in [0, 0.05) is 44.7 Å². The predicted octanol–water partition coefficient (Wildman–Crippen LogP) is 9.84. The van der Waals surface area contributed by atoms with Gasteiger partial charge in [-0.1, -0.05) is 97.9 Å². The van der Waals surface area contributed by atoms with Gasteiger partial charge in [-0.3, -0.25) is 0 Å². The van der Waals surface area contributed by atoms with Crippen molar-refractivity contribution in [3.63, 3.8) is 0 Å². The Morgan fingerprint density at radius 2 is 1.02 bits per heavy atom. The van der Waals surface area contributed by atoms with Crippen LogP contribution in [-0.4, -0.2) is 9.13 Å². The number of nitrogens with zero attached hydrogens (tertiary/aromatic N) is 2. The van der Waals surface area contributed by atoms with E-state index in [9.17, 15) is 0 Å². The number of aromatic nitrogens is 2. The Kier molecular flexibility index (Phi) is 5.28. The van der Waals surface area contributed by atoms with Crippen molar-refractivity contribution in [2.45, 2.75) is 25.7 Å². The van der Waals surface area contributed by atoms with E-state index in [1.807, 2.05) is 0 Å². The van der Waals surface area contributed by atoms with Gasteiger partial charge < -0.3 is 9.13 Å². The number of para-hydroxylation sites is 3. The highest BCUT2D eigenvalue weighted by Gasteiger charge is 2.23. The van der Waals surface area contributed by atoms with Crippen LogP contribution >= 0.6 is 0 Å².